The van der Waals surface area contributed by atoms with Crippen molar-refractivity contribution < 1.29 is 9.53 Å². The highest BCUT2D eigenvalue weighted by Crippen LogP contribution is 2.10. The summed E-state index contributed by atoms with van der Waals surface area (Å²) < 4.78 is 5.12. The largest absolute Gasteiger partial charge is 0.420 e. The quantitative estimate of drug-likeness (QED) is 0.696. The molecule has 0 N–H and O–H groups in total. The van der Waals surface area contributed by atoms with Crippen LogP contribution in [-0.2, 0) is 0 Å². The van der Waals surface area contributed by atoms with Crippen LogP contribution in [0.1, 0.15) is 0 Å². The molecule has 1 radical (unpaired) electrons. The summed E-state index contributed by atoms with van der Waals surface area (Å²) >= 11 is 0. The Morgan fingerprint density at radius 1 is 1.33 bits per heavy atom. The van der Waals surface area contributed by atoms with Crippen molar-refractivity contribution in [3.8, 4) is 5.75 Å². The summed E-state index contributed by atoms with van der Waals surface area (Å²) in [5, 5.41) is 0. The smallest absolute Gasteiger partial charge is 0.410 e. The summed E-state index contributed by atoms with van der Waals surface area (Å²) in [6, 6.07) is 8.98. The van der Waals surface area contributed by atoms with Crippen LogP contribution >= 0.6 is 0 Å². The molecule has 1 heterocycles. The lowest BCUT2D eigenvalue weighted by atomic mass is 10.3. The van der Waals surface area contributed by atoms with E-state index in [4.69, 9.17) is 4.74 Å². The summed E-state index contributed by atoms with van der Waals surface area (Å²) in [6.07, 6.45) is 7.75. The molecule has 0 spiro atoms. The van der Waals surface area contributed by atoms with E-state index in [0.29, 0.717) is 12.3 Å². The fraction of sp³-hybridized carbons (Fsp3) is 0.0833. The van der Waals surface area contributed by atoms with Gasteiger partial charge >= 0.3 is 6.09 Å². The molecule has 0 saturated carbocycles. The number of carbonyl (C=O) groups is 1. The Kier molecular flexibility index (Phi) is 2.83. The van der Waals surface area contributed by atoms with Gasteiger partial charge in [-0.15, -0.1) is 0 Å². The molecule has 0 bridgehead atoms. The summed E-state index contributed by atoms with van der Waals surface area (Å²) in [5.41, 5.74) is 0. The van der Waals surface area contributed by atoms with Crippen molar-refractivity contribution in [1.29, 1.82) is 0 Å². The lowest BCUT2D eigenvalue weighted by molar-refractivity contribution is 0.171. The van der Waals surface area contributed by atoms with Crippen molar-refractivity contribution in [2.75, 3.05) is 6.54 Å². The van der Waals surface area contributed by atoms with E-state index in [0.717, 1.165) is 0 Å². The van der Waals surface area contributed by atoms with Gasteiger partial charge in [-0.3, -0.25) is 4.90 Å². The highest BCUT2D eigenvalue weighted by Gasteiger charge is 2.13. The maximum Gasteiger partial charge on any atom is 0.420 e. The second-order valence-corrected chi connectivity index (χ2v) is 3.02. The monoisotopic (exact) mass is 200 g/mol. The number of rotatable bonds is 1. The van der Waals surface area contributed by atoms with Gasteiger partial charge < -0.3 is 4.74 Å². The molecule has 3 heteroatoms. The number of nitrogens with zero attached hydrogens (tertiary/aromatic N) is 1. The number of allylic oxidation sites excluding steroid dienone is 2. The van der Waals surface area contributed by atoms with E-state index in [1.54, 1.807) is 18.2 Å². The van der Waals surface area contributed by atoms with Gasteiger partial charge in [0.1, 0.15) is 5.75 Å². The summed E-state index contributed by atoms with van der Waals surface area (Å²) in [6.45, 7) is 0.502. The molecule has 0 aromatic heterocycles. The first-order valence-electron chi connectivity index (χ1n) is 4.65. The Labute approximate surface area is 88.3 Å². The van der Waals surface area contributed by atoms with Gasteiger partial charge in [-0.25, -0.2) is 4.79 Å². The fourth-order valence-electron chi connectivity index (χ4n) is 1.19. The van der Waals surface area contributed by atoms with Crippen LogP contribution in [-0.4, -0.2) is 17.5 Å². The van der Waals surface area contributed by atoms with E-state index in [1.807, 2.05) is 30.4 Å². The molecule has 1 aliphatic rings. The number of benzene rings is 1. The SMILES string of the molecule is O=C(Oc1ccccc1)N1[C]=CC=CC1. The van der Waals surface area contributed by atoms with Gasteiger partial charge in [-0.05, 0) is 18.2 Å². The van der Waals surface area contributed by atoms with Gasteiger partial charge in [0.2, 0.25) is 0 Å². The molecule has 0 saturated heterocycles. The van der Waals surface area contributed by atoms with Gasteiger partial charge in [0, 0.05) is 6.54 Å². The standard InChI is InChI=1S/C12H10NO2/c14-12(13-9-5-2-6-10-13)15-11-7-3-1-4-8-11/h1-8H,9H2. The summed E-state index contributed by atoms with van der Waals surface area (Å²) in [4.78, 5) is 12.9. The van der Waals surface area contributed by atoms with E-state index in [9.17, 15) is 4.79 Å². The second kappa shape index (κ2) is 4.46. The van der Waals surface area contributed by atoms with Crippen LogP contribution in [0.2, 0.25) is 0 Å². The topological polar surface area (TPSA) is 29.5 Å². The highest BCUT2D eigenvalue weighted by molar-refractivity contribution is 5.71. The first-order valence-corrected chi connectivity index (χ1v) is 4.65. The molecule has 0 unspecified atom stereocenters. The fourth-order valence-corrected chi connectivity index (χ4v) is 1.19. The number of hydrogen-bond acceptors (Lipinski definition) is 2. The zero-order valence-corrected chi connectivity index (χ0v) is 8.09. The maximum atomic E-state index is 11.6. The van der Waals surface area contributed by atoms with Gasteiger partial charge in [-0.1, -0.05) is 30.4 Å². The Hall–Kier alpha value is -2.03. The summed E-state index contributed by atoms with van der Waals surface area (Å²) in [7, 11) is 0. The summed E-state index contributed by atoms with van der Waals surface area (Å²) in [5.74, 6) is 0.541. The van der Waals surface area contributed by atoms with Crippen molar-refractivity contribution >= 4 is 6.09 Å². The van der Waals surface area contributed by atoms with E-state index in [-0.39, 0.29) is 0 Å². The molecule has 2 rings (SSSR count). The average Bonchev–Trinajstić information content (AvgIpc) is 2.31. The number of hydrogen-bond donors (Lipinski definition) is 0. The van der Waals surface area contributed by atoms with Crippen molar-refractivity contribution in [3.05, 3.63) is 54.8 Å². The van der Waals surface area contributed by atoms with E-state index < -0.39 is 6.09 Å². The first-order chi connectivity index (χ1) is 7.36. The van der Waals surface area contributed by atoms with Crippen molar-refractivity contribution in [2.45, 2.75) is 0 Å². The van der Waals surface area contributed by atoms with Crippen LogP contribution < -0.4 is 4.74 Å². The van der Waals surface area contributed by atoms with Gasteiger partial charge in [0.15, 0.2) is 0 Å². The maximum absolute atomic E-state index is 11.6. The van der Waals surface area contributed by atoms with Gasteiger partial charge in [-0.2, -0.15) is 0 Å². The Morgan fingerprint density at radius 2 is 2.13 bits per heavy atom. The molecule has 1 aromatic carbocycles. The zero-order valence-electron chi connectivity index (χ0n) is 8.09. The molecular weight excluding hydrogens is 190 g/mol. The highest BCUT2D eigenvalue weighted by atomic mass is 16.6. The number of ether oxygens (including phenoxy) is 1. The number of para-hydroxylation sites is 1. The van der Waals surface area contributed by atoms with E-state index in [1.165, 1.54) is 4.90 Å². The van der Waals surface area contributed by atoms with Crippen LogP contribution in [0.25, 0.3) is 0 Å². The molecule has 1 aliphatic heterocycles. The first kappa shape index (κ1) is 9.52. The van der Waals surface area contributed by atoms with Crippen molar-refractivity contribution in [1.82, 2.24) is 4.90 Å². The Morgan fingerprint density at radius 3 is 2.80 bits per heavy atom. The zero-order chi connectivity index (χ0) is 10.5. The number of amides is 1. The van der Waals surface area contributed by atoms with E-state index >= 15 is 0 Å². The van der Waals surface area contributed by atoms with Crippen molar-refractivity contribution in [2.24, 2.45) is 0 Å². The number of carbonyl (C=O) groups excluding carboxylic acids is 1. The van der Waals surface area contributed by atoms with E-state index in [2.05, 4.69) is 6.20 Å². The molecular formula is C12H10NO2. The second-order valence-electron chi connectivity index (χ2n) is 3.02. The Bertz CT molecular complexity index is 395. The normalized spacial score (nSPS) is 14.0. The van der Waals surface area contributed by atoms with Crippen LogP contribution in [0.4, 0.5) is 4.79 Å². The minimum atomic E-state index is -0.415. The lowest BCUT2D eigenvalue weighted by Crippen LogP contribution is -2.30. The molecule has 1 aromatic rings. The predicted molar refractivity (Wildman–Crippen MR) is 56.1 cm³/mol. The minimum absolute atomic E-state index is 0.415. The van der Waals surface area contributed by atoms with Gasteiger partial charge in [0.25, 0.3) is 0 Å². The minimum Gasteiger partial charge on any atom is -0.410 e. The third-order valence-corrected chi connectivity index (χ3v) is 1.92. The molecule has 0 atom stereocenters. The van der Waals surface area contributed by atoms with Crippen molar-refractivity contribution in [3.63, 3.8) is 0 Å². The Balaban J connectivity index is 1.98. The van der Waals surface area contributed by atoms with Crippen LogP contribution in [0, 0.1) is 6.20 Å². The predicted octanol–water partition coefficient (Wildman–Crippen LogP) is 2.37. The third kappa shape index (κ3) is 2.47. The lowest BCUT2D eigenvalue weighted by Gasteiger charge is -2.16. The van der Waals surface area contributed by atoms with Crippen LogP contribution in [0.15, 0.2) is 48.6 Å². The third-order valence-electron chi connectivity index (χ3n) is 1.92. The molecule has 1 amide bonds. The average molecular weight is 200 g/mol. The van der Waals surface area contributed by atoms with Gasteiger partial charge in [0.05, 0.1) is 6.20 Å². The molecule has 0 fully saturated rings. The van der Waals surface area contributed by atoms with Crippen LogP contribution in [0.3, 0.4) is 0 Å². The molecule has 75 valence electrons. The van der Waals surface area contributed by atoms with Crippen LogP contribution in [0.5, 0.6) is 5.75 Å². The molecule has 15 heavy (non-hydrogen) atoms. The molecule has 3 nitrogen and oxygen atoms in total. The molecule has 0 aliphatic carbocycles.